The van der Waals surface area contributed by atoms with Gasteiger partial charge in [-0.2, -0.15) is 12.6 Å². The first-order valence-electron chi connectivity index (χ1n) is 9.61. The summed E-state index contributed by atoms with van der Waals surface area (Å²) in [6, 6.07) is 5.28. The van der Waals surface area contributed by atoms with Crippen LogP contribution in [0.2, 0.25) is 0 Å². The van der Waals surface area contributed by atoms with Crippen molar-refractivity contribution in [3.8, 4) is 0 Å². The SMILES string of the molecule is CC(NC(=O)C(CS)NC(=O)C(N)Cc1ccccc1)C(=O)NC(C(=O)O)C(C)C. The Kier molecular flexibility index (Phi) is 10.3. The number of hydrogen-bond donors (Lipinski definition) is 6. The van der Waals surface area contributed by atoms with Crippen molar-refractivity contribution in [3.63, 3.8) is 0 Å². The first-order valence-corrected chi connectivity index (χ1v) is 10.2. The van der Waals surface area contributed by atoms with Gasteiger partial charge in [0, 0.05) is 5.75 Å². The van der Waals surface area contributed by atoms with Gasteiger partial charge in [-0.3, -0.25) is 14.4 Å². The number of carbonyl (C=O) groups excluding carboxylic acids is 3. The number of thiol groups is 1. The van der Waals surface area contributed by atoms with Crippen molar-refractivity contribution in [2.75, 3.05) is 5.75 Å². The number of rotatable bonds is 11. The fourth-order valence-corrected chi connectivity index (χ4v) is 2.86. The molecule has 1 rings (SSSR count). The molecule has 3 amide bonds. The number of carboxylic acid groups (broad SMARTS) is 1. The summed E-state index contributed by atoms with van der Waals surface area (Å²) in [5, 5.41) is 16.5. The Bertz CT molecular complexity index is 744. The van der Waals surface area contributed by atoms with E-state index in [-0.39, 0.29) is 11.7 Å². The molecule has 9 nitrogen and oxygen atoms in total. The van der Waals surface area contributed by atoms with E-state index in [0.717, 1.165) is 5.56 Å². The van der Waals surface area contributed by atoms with Crippen molar-refractivity contribution >= 4 is 36.3 Å². The highest BCUT2D eigenvalue weighted by Gasteiger charge is 2.28. The molecule has 166 valence electrons. The van der Waals surface area contributed by atoms with Gasteiger partial charge in [-0.25, -0.2) is 4.79 Å². The summed E-state index contributed by atoms with van der Waals surface area (Å²) in [5.41, 5.74) is 6.81. The van der Waals surface area contributed by atoms with Crippen molar-refractivity contribution in [1.29, 1.82) is 0 Å². The molecule has 1 aromatic rings. The lowest BCUT2D eigenvalue weighted by molar-refractivity contribution is -0.143. The van der Waals surface area contributed by atoms with Crippen LogP contribution in [0.3, 0.4) is 0 Å². The Morgan fingerprint density at radius 2 is 1.57 bits per heavy atom. The van der Waals surface area contributed by atoms with Gasteiger partial charge in [0.25, 0.3) is 0 Å². The third-order valence-corrected chi connectivity index (χ3v) is 4.80. The summed E-state index contributed by atoms with van der Waals surface area (Å²) < 4.78 is 0. The zero-order valence-corrected chi connectivity index (χ0v) is 18.2. The summed E-state index contributed by atoms with van der Waals surface area (Å²) in [5.74, 6) is -3.28. The van der Waals surface area contributed by atoms with Crippen LogP contribution in [-0.4, -0.2) is 58.7 Å². The first-order chi connectivity index (χ1) is 14.1. The second-order valence-corrected chi connectivity index (χ2v) is 7.70. The van der Waals surface area contributed by atoms with Gasteiger partial charge in [-0.1, -0.05) is 44.2 Å². The molecule has 0 aliphatic heterocycles. The van der Waals surface area contributed by atoms with Crippen LogP contribution in [0, 0.1) is 5.92 Å². The first kappa shape index (κ1) is 25.4. The largest absolute Gasteiger partial charge is 0.480 e. The zero-order chi connectivity index (χ0) is 22.8. The monoisotopic (exact) mass is 438 g/mol. The van der Waals surface area contributed by atoms with E-state index in [2.05, 4.69) is 28.6 Å². The van der Waals surface area contributed by atoms with Crippen LogP contribution in [0.5, 0.6) is 0 Å². The van der Waals surface area contributed by atoms with E-state index in [1.807, 2.05) is 30.3 Å². The lowest BCUT2D eigenvalue weighted by Gasteiger charge is -2.23. The number of aliphatic carboxylic acids is 1. The van der Waals surface area contributed by atoms with Crippen molar-refractivity contribution in [1.82, 2.24) is 16.0 Å². The Hall–Kier alpha value is -2.59. The molecule has 0 heterocycles. The van der Waals surface area contributed by atoms with Crippen LogP contribution in [0.15, 0.2) is 30.3 Å². The molecule has 6 N–H and O–H groups in total. The number of carboxylic acids is 1. The summed E-state index contributed by atoms with van der Waals surface area (Å²) in [4.78, 5) is 48.2. The highest BCUT2D eigenvalue weighted by Crippen LogP contribution is 2.04. The number of benzene rings is 1. The Morgan fingerprint density at radius 1 is 0.967 bits per heavy atom. The van der Waals surface area contributed by atoms with Crippen LogP contribution in [0.4, 0.5) is 0 Å². The van der Waals surface area contributed by atoms with Gasteiger partial charge in [-0.15, -0.1) is 0 Å². The minimum absolute atomic E-state index is 0.00624. The molecular formula is C20H30N4O5S. The van der Waals surface area contributed by atoms with Crippen LogP contribution < -0.4 is 21.7 Å². The van der Waals surface area contributed by atoms with Crippen LogP contribution in [0.25, 0.3) is 0 Å². The predicted octanol–water partition coefficient (Wildman–Crippen LogP) is -0.299. The van der Waals surface area contributed by atoms with Crippen molar-refractivity contribution < 1.29 is 24.3 Å². The summed E-state index contributed by atoms with van der Waals surface area (Å²) in [6.45, 7) is 4.74. The van der Waals surface area contributed by atoms with Gasteiger partial charge in [-0.05, 0) is 24.8 Å². The molecule has 10 heteroatoms. The minimum atomic E-state index is -1.16. The lowest BCUT2D eigenvalue weighted by Crippen LogP contribution is -2.57. The zero-order valence-electron chi connectivity index (χ0n) is 17.3. The van der Waals surface area contributed by atoms with Gasteiger partial charge in [0.2, 0.25) is 17.7 Å². The van der Waals surface area contributed by atoms with E-state index in [1.54, 1.807) is 13.8 Å². The van der Waals surface area contributed by atoms with E-state index in [9.17, 15) is 19.2 Å². The third-order valence-electron chi connectivity index (χ3n) is 4.43. The molecule has 0 fully saturated rings. The molecule has 0 bridgehead atoms. The van der Waals surface area contributed by atoms with Crippen LogP contribution in [-0.2, 0) is 25.6 Å². The second kappa shape index (κ2) is 12.2. The van der Waals surface area contributed by atoms with E-state index < -0.39 is 47.9 Å². The average Bonchev–Trinajstić information content (AvgIpc) is 2.69. The maximum Gasteiger partial charge on any atom is 0.326 e. The lowest BCUT2D eigenvalue weighted by atomic mass is 10.0. The van der Waals surface area contributed by atoms with E-state index in [0.29, 0.717) is 6.42 Å². The predicted molar refractivity (Wildman–Crippen MR) is 116 cm³/mol. The molecule has 0 saturated carbocycles. The van der Waals surface area contributed by atoms with E-state index in [4.69, 9.17) is 10.8 Å². The summed E-state index contributed by atoms with van der Waals surface area (Å²) in [7, 11) is 0. The molecule has 0 saturated heterocycles. The summed E-state index contributed by atoms with van der Waals surface area (Å²) in [6.07, 6.45) is 0.304. The maximum absolute atomic E-state index is 12.4. The molecule has 1 aromatic carbocycles. The smallest absolute Gasteiger partial charge is 0.326 e. The average molecular weight is 439 g/mol. The Balaban J connectivity index is 2.63. The highest BCUT2D eigenvalue weighted by atomic mass is 32.1. The second-order valence-electron chi connectivity index (χ2n) is 7.34. The number of amides is 3. The topological polar surface area (TPSA) is 151 Å². The number of hydrogen-bond acceptors (Lipinski definition) is 6. The third kappa shape index (κ3) is 8.03. The van der Waals surface area contributed by atoms with Crippen molar-refractivity contribution in [3.05, 3.63) is 35.9 Å². The molecule has 0 spiro atoms. The number of carbonyl (C=O) groups is 4. The Morgan fingerprint density at radius 3 is 2.07 bits per heavy atom. The molecule has 4 unspecified atom stereocenters. The van der Waals surface area contributed by atoms with Crippen molar-refractivity contribution in [2.45, 2.75) is 51.4 Å². The van der Waals surface area contributed by atoms with Crippen LogP contribution in [0.1, 0.15) is 26.3 Å². The molecule has 4 atom stereocenters. The normalized spacial score (nSPS) is 14.9. The van der Waals surface area contributed by atoms with Gasteiger partial charge in [0.1, 0.15) is 18.1 Å². The molecule has 30 heavy (non-hydrogen) atoms. The maximum atomic E-state index is 12.4. The van der Waals surface area contributed by atoms with Crippen molar-refractivity contribution in [2.24, 2.45) is 11.7 Å². The molecule has 0 aromatic heterocycles. The van der Waals surface area contributed by atoms with Gasteiger partial charge >= 0.3 is 5.97 Å². The standard InChI is InChI=1S/C20H30N4O5S/c1-11(2)16(20(28)29)24-17(25)12(3)22-19(27)15(10-30)23-18(26)14(21)9-13-7-5-4-6-8-13/h4-8,11-12,14-16,30H,9-10,21H2,1-3H3,(H,22,27)(H,23,26)(H,24,25)(H,28,29). The van der Waals surface area contributed by atoms with Gasteiger partial charge in [0.15, 0.2) is 0 Å². The molecule has 0 aliphatic carbocycles. The van der Waals surface area contributed by atoms with Gasteiger partial charge in [0.05, 0.1) is 6.04 Å². The Labute approximate surface area is 181 Å². The summed E-state index contributed by atoms with van der Waals surface area (Å²) >= 11 is 4.09. The number of nitrogens with one attached hydrogen (secondary N) is 3. The van der Waals surface area contributed by atoms with E-state index >= 15 is 0 Å². The minimum Gasteiger partial charge on any atom is -0.480 e. The molecular weight excluding hydrogens is 408 g/mol. The fraction of sp³-hybridized carbons (Fsp3) is 0.500. The highest BCUT2D eigenvalue weighted by molar-refractivity contribution is 7.80. The van der Waals surface area contributed by atoms with Crippen LogP contribution >= 0.6 is 12.6 Å². The number of nitrogens with two attached hydrogens (primary N) is 1. The van der Waals surface area contributed by atoms with E-state index in [1.165, 1.54) is 6.92 Å². The quantitative estimate of drug-likeness (QED) is 0.261. The molecule has 0 aliphatic rings. The molecule has 0 radical (unpaired) electrons. The van der Waals surface area contributed by atoms with Gasteiger partial charge < -0.3 is 26.8 Å². The fourth-order valence-electron chi connectivity index (χ4n) is 2.60.